The molecule has 2 aromatic carbocycles. The zero-order chi connectivity index (χ0) is 18.5. The number of rotatable bonds is 6. The second-order valence-electron chi connectivity index (χ2n) is 5.83. The number of halogens is 1. The number of nitrogens with one attached hydrogen (secondary N) is 1. The van der Waals surface area contributed by atoms with Crippen LogP contribution in [0.3, 0.4) is 0 Å². The molecule has 0 spiro atoms. The number of anilines is 1. The molecule has 0 aliphatic rings. The topological polar surface area (TPSA) is 51.2 Å². The number of thiazole rings is 1. The Hall–Kier alpha value is -2.73. The summed E-state index contributed by atoms with van der Waals surface area (Å²) in [5.74, 6) is 0.429. The first kappa shape index (κ1) is 18.1. The van der Waals surface area contributed by atoms with E-state index in [0.717, 1.165) is 27.4 Å². The molecule has 1 amide bonds. The van der Waals surface area contributed by atoms with E-state index in [1.54, 1.807) is 19.2 Å². The Balaban J connectivity index is 1.60. The van der Waals surface area contributed by atoms with Gasteiger partial charge in [-0.25, -0.2) is 9.37 Å². The van der Waals surface area contributed by atoms with Crippen molar-refractivity contribution in [3.63, 3.8) is 0 Å². The Morgan fingerprint density at radius 3 is 2.50 bits per heavy atom. The highest BCUT2D eigenvalue weighted by Crippen LogP contribution is 2.30. The van der Waals surface area contributed by atoms with E-state index >= 15 is 0 Å². The molecule has 134 valence electrons. The van der Waals surface area contributed by atoms with Gasteiger partial charge >= 0.3 is 0 Å². The van der Waals surface area contributed by atoms with Crippen molar-refractivity contribution in [2.75, 3.05) is 12.4 Å². The minimum atomic E-state index is -0.284. The molecule has 0 unspecified atom stereocenters. The van der Waals surface area contributed by atoms with Gasteiger partial charge in [0.05, 0.1) is 12.8 Å². The third-order valence-electron chi connectivity index (χ3n) is 3.96. The zero-order valence-corrected chi connectivity index (χ0v) is 15.4. The number of amides is 1. The molecule has 6 heteroatoms. The second kappa shape index (κ2) is 8.10. The number of hydrogen-bond donors (Lipinski definition) is 1. The molecular weight excluding hydrogens is 351 g/mol. The summed E-state index contributed by atoms with van der Waals surface area (Å²) in [7, 11) is 1.62. The summed E-state index contributed by atoms with van der Waals surface area (Å²) in [6.07, 6.45) is 1.02. The molecule has 0 saturated carbocycles. The van der Waals surface area contributed by atoms with Crippen LogP contribution in [-0.4, -0.2) is 18.0 Å². The molecule has 3 aromatic rings. The van der Waals surface area contributed by atoms with Crippen molar-refractivity contribution >= 4 is 22.4 Å². The van der Waals surface area contributed by atoms with E-state index in [1.807, 2.05) is 31.2 Å². The molecule has 0 aliphatic carbocycles. The molecular formula is C20H19FN2O2S. The van der Waals surface area contributed by atoms with Crippen LogP contribution in [0.4, 0.5) is 9.52 Å². The molecule has 3 rings (SSSR count). The van der Waals surface area contributed by atoms with Crippen LogP contribution in [0.15, 0.2) is 48.5 Å². The number of aryl methyl sites for hydroxylation is 2. The molecule has 0 saturated heterocycles. The molecule has 0 bridgehead atoms. The van der Waals surface area contributed by atoms with Gasteiger partial charge in [-0.15, -0.1) is 11.3 Å². The van der Waals surface area contributed by atoms with Crippen LogP contribution in [0.5, 0.6) is 5.75 Å². The molecule has 0 aliphatic heterocycles. The number of carbonyl (C=O) groups is 1. The van der Waals surface area contributed by atoms with Gasteiger partial charge in [0.25, 0.3) is 0 Å². The summed E-state index contributed by atoms with van der Waals surface area (Å²) in [5.41, 5.74) is 2.67. The molecule has 0 radical (unpaired) electrons. The standard InChI is InChI=1S/C20H19FN2O2S/c1-13-19(15-6-8-16(21)9-7-15)23-20(26-13)22-18(24)12-5-14-3-10-17(25-2)11-4-14/h3-4,6-11H,5,12H2,1-2H3,(H,22,23,24). The van der Waals surface area contributed by atoms with Crippen LogP contribution in [0.2, 0.25) is 0 Å². The van der Waals surface area contributed by atoms with Crippen LogP contribution in [0, 0.1) is 12.7 Å². The maximum atomic E-state index is 13.1. The number of benzene rings is 2. The number of nitrogens with zero attached hydrogens (tertiary/aromatic N) is 1. The number of aromatic nitrogens is 1. The minimum Gasteiger partial charge on any atom is -0.497 e. The minimum absolute atomic E-state index is 0.0831. The fraction of sp³-hybridized carbons (Fsp3) is 0.200. The van der Waals surface area contributed by atoms with Gasteiger partial charge in [0.2, 0.25) is 5.91 Å². The summed E-state index contributed by atoms with van der Waals surface area (Å²) in [6.45, 7) is 1.93. The van der Waals surface area contributed by atoms with E-state index in [2.05, 4.69) is 10.3 Å². The average Bonchev–Trinajstić information content (AvgIpc) is 3.01. The highest BCUT2D eigenvalue weighted by molar-refractivity contribution is 7.16. The second-order valence-corrected chi connectivity index (χ2v) is 7.03. The van der Waals surface area contributed by atoms with E-state index in [-0.39, 0.29) is 11.7 Å². The van der Waals surface area contributed by atoms with E-state index < -0.39 is 0 Å². The Morgan fingerprint density at radius 2 is 1.85 bits per heavy atom. The molecule has 0 atom stereocenters. The molecule has 4 nitrogen and oxygen atoms in total. The lowest BCUT2D eigenvalue weighted by molar-refractivity contribution is -0.116. The normalized spacial score (nSPS) is 10.6. The van der Waals surface area contributed by atoms with E-state index in [0.29, 0.717) is 18.0 Å². The Labute approximate surface area is 155 Å². The molecule has 1 N–H and O–H groups in total. The quantitative estimate of drug-likeness (QED) is 0.676. The third-order valence-corrected chi connectivity index (χ3v) is 4.85. The van der Waals surface area contributed by atoms with Gasteiger partial charge in [-0.1, -0.05) is 12.1 Å². The maximum Gasteiger partial charge on any atom is 0.226 e. The van der Waals surface area contributed by atoms with Gasteiger partial charge in [-0.2, -0.15) is 0 Å². The van der Waals surface area contributed by atoms with E-state index in [1.165, 1.54) is 23.5 Å². The number of carbonyl (C=O) groups excluding carboxylic acids is 1. The zero-order valence-electron chi connectivity index (χ0n) is 14.6. The first-order valence-corrected chi connectivity index (χ1v) is 9.03. The van der Waals surface area contributed by atoms with Crippen molar-refractivity contribution in [1.29, 1.82) is 0 Å². The lowest BCUT2D eigenvalue weighted by Gasteiger charge is -2.04. The monoisotopic (exact) mass is 370 g/mol. The summed E-state index contributed by atoms with van der Waals surface area (Å²) in [6, 6.07) is 13.8. The van der Waals surface area contributed by atoms with Crippen molar-refractivity contribution in [3.05, 3.63) is 64.8 Å². The van der Waals surface area contributed by atoms with Crippen molar-refractivity contribution in [2.24, 2.45) is 0 Å². The molecule has 1 heterocycles. The fourth-order valence-corrected chi connectivity index (χ4v) is 3.41. The van der Waals surface area contributed by atoms with Gasteiger partial charge in [0.15, 0.2) is 5.13 Å². The first-order chi connectivity index (χ1) is 12.5. The third kappa shape index (κ3) is 4.46. The molecule has 26 heavy (non-hydrogen) atoms. The highest BCUT2D eigenvalue weighted by Gasteiger charge is 2.12. The van der Waals surface area contributed by atoms with Crippen LogP contribution < -0.4 is 10.1 Å². The summed E-state index contributed by atoms with van der Waals surface area (Å²) in [5, 5.41) is 3.40. The Morgan fingerprint density at radius 1 is 1.15 bits per heavy atom. The lowest BCUT2D eigenvalue weighted by Crippen LogP contribution is -2.12. The van der Waals surface area contributed by atoms with Gasteiger partial charge in [-0.05, 0) is 55.3 Å². The number of methoxy groups -OCH3 is 1. The van der Waals surface area contributed by atoms with Crippen LogP contribution >= 0.6 is 11.3 Å². The van der Waals surface area contributed by atoms with Gasteiger partial charge in [0, 0.05) is 16.9 Å². The predicted octanol–water partition coefficient (Wildman–Crippen LogP) is 4.84. The highest BCUT2D eigenvalue weighted by atomic mass is 32.1. The van der Waals surface area contributed by atoms with Gasteiger partial charge in [-0.3, -0.25) is 4.79 Å². The van der Waals surface area contributed by atoms with E-state index in [9.17, 15) is 9.18 Å². The van der Waals surface area contributed by atoms with Crippen molar-refractivity contribution in [3.8, 4) is 17.0 Å². The summed E-state index contributed by atoms with van der Waals surface area (Å²) >= 11 is 1.41. The van der Waals surface area contributed by atoms with Crippen molar-refractivity contribution < 1.29 is 13.9 Å². The summed E-state index contributed by atoms with van der Waals surface area (Å²) in [4.78, 5) is 17.6. The molecule has 1 aromatic heterocycles. The lowest BCUT2D eigenvalue weighted by atomic mass is 10.1. The van der Waals surface area contributed by atoms with Gasteiger partial charge in [0.1, 0.15) is 11.6 Å². The SMILES string of the molecule is COc1ccc(CCC(=O)Nc2nc(-c3ccc(F)cc3)c(C)s2)cc1. The maximum absolute atomic E-state index is 13.1. The van der Waals surface area contributed by atoms with Crippen LogP contribution in [-0.2, 0) is 11.2 Å². The smallest absolute Gasteiger partial charge is 0.226 e. The van der Waals surface area contributed by atoms with Crippen LogP contribution in [0.1, 0.15) is 16.9 Å². The fourth-order valence-electron chi connectivity index (χ4n) is 2.56. The van der Waals surface area contributed by atoms with Gasteiger partial charge < -0.3 is 10.1 Å². The first-order valence-electron chi connectivity index (χ1n) is 8.21. The van der Waals surface area contributed by atoms with Crippen LogP contribution in [0.25, 0.3) is 11.3 Å². The number of hydrogen-bond acceptors (Lipinski definition) is 4. The van der Waals surface area contributed by atoms with E-state index in [4.69, 9.17) is 4.74 Å². The van der Waals surface area contributed by atoms with Crippen molar-refractivity contribution in [1.82, 2.24) is 4.98 Å². The van der Waals surface area contributed by atoms with Crippen molar-refractivity contribution in [2.45, 2.75) is 19.8 Å². The largest absolute Gasteiger partial charge is 0.497 e. The number of ether oxygens (including phenoxy) is 1. The Kier molecular flexibility index (Phi) is 5.63. The predicted molar refractivity (Wildman–Crippen MR) is 102 cm³/mol. The Bertz CT molecular complexity index is 889. The average molecular weight is 370 g/mol. The summed E-state index contributed by atoms with van der Waals surface area (Å²) < 4.78 is 18.2. The molecule has 0 fully saturated rings.